The Morgan fingerprint density at radius 3 is 2.89 bits per heavy atom. The maximum absolute atomic E-state index is 13.6. The zero-order valence-corrected chi connectivity index (χ0v) is 10.9. The van der Waals surface area contributed by atoms with E-state index in [1.165, 1.54) is 13.2 Å². The van der Waals surface area contributed by atoms with Crippen molar-refractivity contribution in [1.82, 2.24) is 10.2 Å². The summed E-state index contributed by atoms with van der Waals surface area (Å²) in [4.78, 5) is 0.248. The van der Waals surface area contributed by atoms with Gasteiger partial charge in [-0.15, -0.1) is 5.10 Å². The van der Waals surface area contributed by atoms with Crippen LogP contribution in [-0.2, 0) is 6.42 Å². The number of aromatic nitrogens is 2. The van der Waals surface area contributed by atoms with Crippen molar-refractivity contribution in [3.8, 4) is 5.75 Å². The molecule has 0 radical (unpaired) electrons. The molecule has 0 fully saturated rings. The molecule has 0 aliphatic rings. The lowest BCUT2D eigenvalue weighted by Crippen LogP contribution is -2.00. The number of H-pyrrole nitrogens is 1. The third-order valence-corrected chi connectivity index (χ3v) is 2.88. The molecule has 1 atom stereocenters. The van der Waals surface area contributed by atoms with Crippen LogP contribution in [0.15, 0.2) is 22.6 Å². The van der Waals surface area contributed by atoms with Gasteiger partial charge in [-0.3, -0.25) is 0 Å². The van der Waals surface area contributed by atoms with Crippen LogP contribution in [0.25, 0.3) is 0 Å². The molecule has 18 heavy (non-hydrogen) atoms. The minimum absolute atomic E-state index is 0.0758. The molecule has 1 aromatic heterocycles. The molecule has 0 bridgehead atoms. The number of rotatable bonds is 4. The van der Waals surface area contributed by atoms with E-state index in [0.29, 0.717) is 12.3 Å². The standard InChI is InChI=1S/C12H13FN2O2S/c1-7(5-11-14-15-12(18)17-11)8-3-4-10(16-2)9(13)6-8/h3-4,6-7H,5H2,1-2H3,(H,15,18). The predicted molar refractivity (Wildman–Crippen MR) is 66.8 cm³/mol. The second kappa shape index (κ2) is 5.30. The summed E-state index contributed by atoms with van der Waals surface area (Å²) < 4.78 is 23.6. The Morgan fingerprint density at radius 2 is 2.33 bits per heavy atom. The summed E-state index contributed by atoms with van der Waals surface area (Å²) in [5, 5.41) is 6.48. The number of aromatic amines is 1. The summed E-state index contributed by atoms with van der Waals surface area (Å²) in [6.07, 6.45) is 0.554. The summed E-state index contributed by atoms with van der Waals surface area (Å²) in [7, 11) is 1.44. The van der Waals surface area contributed by atoms with Crippen molar-refractivity contribution in [2.24, 2.45) is 0 Å². The lowest BCUT2D eigenvalue weighted by Gasteiger charge is -2.10. The third-order valence-electron chi connectivity index (χ3n) is 2.71. The molecule has 0 saturated carbocycles. The summed E-state index contributed by atoms with van der Waals surface area (Å²) in [5.41, 5.74) is 0.859. The minimum atomic E-state index is -0.371. The first-order valence-corrected chi connectivity index (χ1v) is 5.89. The van der Waals surface area contributed by atoms with Crippen molar-refractivity contribution in [3.63, 3.8) is 0 Å². The molecule has 1 unspecified atom stereocenters. The molecule has 1 N–H and O–H groups in total. The third kappa shape index (κ3) is 2.76. The Kier molecular flexibility index (Phi) is 3.76. The Hall–Kier alpha value is -1.69. The average Bonchev–Trinajstić information content (AvgIpc) is 2.74. The fraction of sp³-hybridized carbons (Fsp3) is 0.333. The SMILES string of the molecule is COc1ccc(C(C)Cc2n[nH]c(=S)o2)cc1F. The molecule has 0 saturated heterocycles. The Labute approximate surface area is 109 Å². The number of nitrogens with one attached hydrogen (secondary N) is 1. The normalized spacial score (nSPS) is 12.4. The Morgan fingerprint density at radius 1 is 1.56 bits per heavy atom. The van der Waals surface area contributed by atoms with E-state index in [9.17, 15) is 4.39 Å². The highest BCUT2D eigenvalue weighted by atomic mass is 32.1. The van der Waals surface area contributed by atoms with Gasteiger partial charge in [0.05, 0.1) is 7.11 Å². The van der Waals surface area contributed by atoms with Gasteiger partial charge in [0, 0.05) is 6.42 Å². The van der Waals surface area contributed by atoms with Gasteiger partial charge in [0.2, 0.25) is 5.89 Å². The van der Waals surface area contributed by atoms with Crippen molar-refractivity contribution >= 4 is 12.2 Å². The van der Waals surface area contributed by atoms with E-state index in [-0.39, 0.29) is 22.3 Å². The number of hydrogen-bond acceptors (Lipinski definition) is 4. The maximum Gasteiger partial charge on any atom is 0.284 e. The van der Waals surface area contributed by atoms with Crippen molar-refractivity contribution in [1.29, 1.82) is 0 Å². The topological polar surface area (TPSA) is 51.0 Å². The molecule has 1 aromatic carbocycles. The van der Waals surface area contributed by atoms with Gasteiger partial charge in [-0.1, -0.05) is 13.0 Å². The van der Waals surface area contributed by atoms with Crippen LogP contribution in [-0.4, -0.2) is 17.3 Å². The van der Waals surface area contributed by atoms with E-state index < -0.39 is 0 Å². The van der Waals surface area contributed by atoms with E-state index >= 15 is 0 Å². The fourth-order valence-electron chi connectivity index (χ4n) is 1.72. The van der Waals surface area contributed by atoms with Crippen LogP contribution >= 0.6 is 12.2 Å². The van der Waals surface area contributed by atoms with E-state index in [4.69, 9.17) is 21.4 Å². The van der Waals surface area contributed by atoms with Crippen LogP contribution in [0, 0.1) is 10.7 Å². The van der Waals surface area contributed by atoms with Gasteiger partial charge in [-0.2, -0.15) is 0 Å². The van der Waals surface area contributed by atoms with Gasteiger partial charge in [0.15, 0.2) is 11.6 Å². The quantitative estimate of drug-likeness (QED) is 0.865. The molecule has 0 aliphatic heterocycles. The molecule has 96 valence electrons. The van der Waals surface area contributed by atoms with Crippen LogP contribution in [0.1, 0.15) is 24.3 Å². The summed E-state index contributed by atoms with van der Waals surface area (Å²) >= 11 is 4.79. The van der Waals surface area contributed by atoms with Gasteiger partial charge in [-0.05, 0) is 35.8 Å². The lowest BCUT2D eigenvalue weighted by atomic mass is 9.97. The second-order valence-electron chi connectivity index (χ2n) is 4.01. The fourth-order valence-corrected chi connectivity index (χ4v) is 1.86. The molecule has 1 heterocycles. The number of methoxy groups -OCH3 is 1. The average molecular weight is 268 g/mol. The van der Waals surface area contributed by atoms with Crippen molar-refractivity contribution in [3.05, 3.63) is 40.3 Å². The molecule has 4 nitrogen and oxygen atoms in total. The second-order valence-corrected chi connectivity index (χ2v) is 4.38. The summed E-state index contributed by atoms with van der Waals surface area (Å²) in [5.74, 6) is 0.462. The van der Waals surface area contributed by atoms with Gasteiger partial charge in [0.25, 0.3) is 4.84 Å². The van der Waals surface area contributed by atoms with Crippen LogP contribution in [0.2, 0.25) is 0 Å². The van der Waals surface area contributed by atoms with Crippen LogP contribution in [0.4, 0.5) is 4.39 Å². The zero-order valence-electron chi connectivity index (χ0n) is 10.1. The Balaban J connectivity index is 2.16. The number of halogens is 1. The lowest BCUT2D eigenvalue weighted by molar-refractivity contribution is 0.385. The van der Waals surface area contributed by atoms with Gasteiger partial charge in [-0.25, -0.2) is 9.49 Å². The first-order chi connectivity index (χ1) is 8.60. The minimum Gasteiger partial charge on any atom is -0.494 e. The van der Waals surface area contributed by atoms with Crippen LogP contribution < -0.4 is 4.74 Å². The van der Waals surface area contributed by atoms with Crippen LogP contribution in [0.3, 0.4) is 0 Å². The van der Waals surface area contributed by atoms with Gasteiger partial charge < -0.3 is 9.15 Å². The molecule has 0 aliphatic carbocycles. The van der Waals surface area contributed by atoms with E-state index in [1.54, 1.807) is 6.07 Å². The molecule has 6 heteroatoms. The number of benzene rings is 1. The number of nitrogens with zero attached hydrogens (tertiary/aromatic N) is 1. The maximum atomic E-state index is 13.6. The molecule has 2 aromatic rings. The van der Waals surface area contributed by atoms with E-state index in [2.05, 4.69) is 10.2 Å². The number of ether oxygens (including phenoxy) is 1. The molecule has 0 amide bonds. The van der Waals surface area contributed by atoms with Crippen molar-refractivity contribution in [2.45, 2.75) is 19.3 Å². The first kappa shape index (κ1) is 12.8. The van der Waals surface area contributed by atoms with Gasteiger partial charge in [0.1, 0.15) is 0 Å². The van der Waals surface area contributed by atoms with E-state index in [1.807, 2.05) is 13.0 Å². The van der Waals surface area contributed by atoms with Crippen LogP contribution in [0.5, 0.6) is 5.75 Å². The molecular formula is C12H13FN2O2S. The molecule has 2 rings (SSSR count). The van der Waals surface area contributed by atoms with Crippen molar-refractivity contribution < 1.29 is 13.5 Å². The highest BCUT2D eigenvalue weighted by Gasteiger charge is 2.13. The number of hydrogen-bond donors (Lipinski definition) is 1. The largest absolute Gasteiger partial charge is 0.494 e. The molecule has 0 spiro atoms. The smallest absolute Gasteiger partial charge is 0.284 e. The van der Waals surface area contributed by atoms with Gasteiger partial charge >= 0.3 is 0 Å². The van der Waals surface area contributed by atoms with E-state index in [0.717, 1.165) is 5.56 Å². The summed E-state index contributed by atoms with van der Waals surface area (Å²) in [6.45, 7) is 1.97. The first-order valence-electron chi connectivity index (χ1n) is 5.48. The molecular weight excluding hydrogens is 255 g/mol. The summed E-state index contributed by atoms with van der Waals surface area (Å²) in [6, 6.07) is 4.90. The highest BCUT2D eigenvalue weighted by Crippen LogP contribution is 2.24. The highest BCUT2D eigenvalue weighted by molar-refractivity contribution is 7.71. The predicted octanol–water partition coefficient (Wildman–Crippen LogP) is 3.23. The monoisotopic (exact) mass is 268 g/mol. The zero-order chi connectivity index (χ0) is 13.1. The van der Waals surface area contributed by atoms with Crippen molar-refractivity contribution in [2.75, 3.05) is 7.11 Å². The Bertz CT molecular complexity index is 594.